The number of benzene rings is 1. The lowest BCUT2D eigenvalue weighted by Crippen LogP contribution is -2.42. The molecular weight excluding hydrogens is 264 g/mol. The molecule has 0 radical (unpaired) electrons. The Morgan fingerprint density at radius 2 is 1.95 bits per heavy atom. The van der Waals surface area contributed by atoms with Crippen molar-refractivity contribution >= 4 is 23.4 Å². The Morgan fingerprint density at radius 1 is 1.21 bits per heavy atom. The van der Waals surface area contributed by atoms with Crippen LogP contribution in [-0.2, 0) is 4.79 Å². The van der Waals surface area contributed by atoms with Crippen LogP contribution in [0.4, 0.5) is 0 Å². The van der Waals surface area contributed by atoms with Crippen LogP contribution < -0.4 is 5.32 Å². The van der Waals surface area contributed by atoms with Gasteiger partial charge in [-0.25, -0.2) is 0 Å². The van der Waals surface area contributed by atoms with Crippen molar-refractivity contribution in [2.45, 2.75) is 19.3 Å². The number of piperidine rings is 1. The van der Waals surface area contributed by atoms with Crippen molar-refractivity contribution < 1.29 is 9.59 Å². The molecule has 0 spiro atoms. The molecule has 19 heavy (non-hydrogen) atoms. The summed E-state index contributed by atoms with van der Waals surface area (Å²) < 4.78 is 0. The maximum Gasteiger partial charge on any atom is 0.251 e. The van der Waals surface area contributed by atoms with Crippen LogP contribution in [0.5, 0.6) is 0 Å². The van der Waals surface area contributed by atoms with Crippen molar-refractivity contribution in [1.82, 2.24) is 10.2 Å². The highest BCUT2D eigenvalue weighted by Gasteiger charge is 2.17. The second kappa shape index (κ2) is 6.57. The second-order valence-electron chi connectivity index (χ2n) is 4.63. The van der Waals surface area contributed by atoms with E-state index in [9.17, 15) is 9.59 Å². The first-order chi connectivity index (χ1) is 9.16. The Labute approximate surface area is 117 Å². The van der Waals surface area contributed by atoms with Crippen molar-refractivity contribution in [3.05, 3.63) is 34.9 Å². The molecule has 1 saturated heterocycles. The highest BCUT2D eigenvalue weighted by atomic mass is 35.5. The molecule has 1 aromatic carbocycles. The summed E-state index contributed by atoms with van der Waals surface area (Å²) in [6, 6.07) is 6.68. The zero-order valence-corrected chi connectivity index (χ0v) is 11.4. The molecule has 0 saturated carbocycles. The van der Waals surface area contributed by atoms with Crippen molar-refractivity contribution in [2.24, 2.45) is 0 Å². The fraction of sp³-hybridized carbons (Fsp3) is 0.429. The topological polar surface area (TPSA) is 49.4 Å². The minimum atomic E-state index is -0.271. The number of halogens is 1. The molecule has 102 valence electrons. The molecule has 0 aliphatic carbocycles. The molecule has 0 aromatic heterocycles. The van der Waals surface area contributed by atoms with Gasteiger partial charge in [0.1, 0.15) is 0 Å². The minimum Gasteiger partial charge on any atom is -0.343 e. The molecule has 0 unspecified atom stereocenters. The summed E-state index contributed by atoms with van der Waals surface area (Å²) in [5.41, 5.74) is 0.471. The van der Waals surface area contributed by atoms with Gasteiger partial charge in [-0.2, -0.15) is 0 Å². The lowest BCUT2D eigenvalue weighted by atomic mass is 10.1. The van der Waals surface area contributed by atoms with E-state index >= 15 is 0 Å². The van der Waals surface area contributed by atoms with Gasteiger partial charge >= 0.3 is 0 Å². The largest absolute Gasteiger partial charge is 0.343 e. The number of carbonyl (C=O) groups is 2. The highest BCUT2D eigenvalue weighted by Crippen LogP contribution is 2.11. The van der Waals surface area contributed by atoms with Crippen molar-refractivity contribution in [1.29, 1.82) is 0 Å². The Morgan fingerprint density at radius 3 is 2.63 bits per heavy atom. The number of hydrogen-bond acceptors (Lipinski definition) is 2. The third-order valence-electron chi connectivity index (χ3n) is 3.20. The van der Waals surface area contributed by atoms with Gasteiger partial charge in [0, 0.05) is 23.7 Å². The van der Waals surface area contributed by atoms with Crippen LogP contribution in [0.3, 0.4) is 0 Å². The number of carbonyl (C=O) groups excluding carboxylic acids is 2. The molecular formula is C14H17ClN2O2. The number of likely N-dealkylation sites (tertiary alicyclic amines) is 1. The van der Waals surface area contributed by atoms with Gasteiger partial charge in [0.15, 0.2) is 0 Å². The van der Waals surface area contributed by atoms with E-state index in [2.05, 4.69) is 5.32 Å². The molecule has 5 heteroatoms. The lowest BCUT2D eigenvalue weighted by Gasteiger charge is -2.26. The van der Waals surface area contributed by atoms with E-state index in [0.29, 0.717) is 10.6 Å². The maximum atomic E-state index is 11.9. The standard InChI is InChI=1S/C14H17ClN2O2/c15-12-6-4-5-11(9-12)14(19)16-10-13(18)17-7-2-1-3-8-17/h4-6,9H,1-3,7-8,10H2,(H,16,19). The van der Waals surface area contributed by atoms with Crippen molar-refractivity contribution in [3.63, 3.8) is 0 Å². The van der Waals surface area contributed by atoms with Gasteiger partial charge in [0.25, 0.3) is 5.91 Å². The Kier molecular flexibility index (Phi) is 4.80. The van der Waals surface area contributed by atoms with Gasteiger partial charge in [-0.3, -0.25) is 9.59 Å². The third-order valence-corrected chi connectivity index (χ3v) is 3.43. The third kappa shape index (κ3) is 3.96. The first kappa shape index (κ1) is 13.9. The molecule has 2 amide bonds. The molecule has 4 nitrogen and oxygen atoms in total. The van der Waals surface area contributed by atoms with Gasteiger partial charge < -0.3 is 10.2 Å². The van der Waals surface area contributed by atoms with E-state index < -0.39 is 0 Å². The Balaban J connectivity index is 1.84. The van der Waals surface area contributed by atoms with Crippen LogP contribution in [0.25, 0.3) is 0 Å². The number of nitrogens with one attached hydrogen (secondary N) is 1. The molecule has 0 bridgehead atoms. The molecule has 1 aliphatic heterocycles. The SMILES string of the molecule is O=C(NCC(=O)N1CCCCC1)c1cccc(Cl)c1. The van der Waals surface area contributed by atoms with Crippen LogP contribution in [0, 0.1) is 0 Å². The van der Waals surface area contributed by atoms with Crippen LogP contribution >= 0.6 is 11.6 Å². The lowest BCUT2D eigenvalue weighted by molar-refractivity contribution is -0.130. The molecule has 1 N–H and O–H groups in total. The summed E-state index contributed by atoms with van der Waals surface area (Å²) in [7, 11) is 0. The highest BCUT2D eigenvalue weighted by molar-refractivity contribution is 6.30. The zero-order valence-electron chi connectivity index (χ0n) is 10.7. The minimum absolute atomic E-state index is 0.0184. The van der Waals surface area contributed by atoms with Crippen LogP contribution in [0.1, 0.15) is 29.6 Å². The number of amides is 2. The average molecular weight is 281 g/mol. The smallest absolute Gasteiger partial charge is 0.251 e. The summed E-state index contributed by atoms with van der Waals surface area (Å²) in [6.07, 6.45) is 3.28. The Bertz CT molecular complexity index is 470. The first-order valence-corrected chi connectivity index (χ1v) is 6.86. The maximum absolute atomic E-state index is 11.9. The fourth-order valence-electron chi connectivity index (χ4n) is 2.14. The first-order valence-electron chi connectivity index (χ1n) is 6.48. The predicted octanol–water partition coefficient (Wildman–Crippen LogP) is 2.08. The monoisotopic (exact) mass is 280 g/mol. The molecule has 1 aliphatic rings. The Hall–Kier alpha value is -1.55. The fourth-order valence-corrected chi connectivity index (χ4v) is 2.33. The molecule has 1 aromatic rings. The quantitative estimate of drug-likeness (QED) is 0.922. The van der Waals surface area contributed by atoms with Crippen LogP contribution in [-0.4, -0.2) is 36.3 Å². The van der Waals surface area contributed by atoms with Gasteiger partial charge in [0.2, 0.25) is 5.91 Å². The molecule has 0 atom stereocenters. The van der Waals surface area contributed by atoms with E-state index in [-0.39, 0.29) is 18.4 Å². The number of hydrogen-bond donors (Lipinski definition) is 1. The summed E-state index contributed by atoms with van der Waals surface area (Å²) in [6.45, 7) is 1.64. The van der Waals surface area contributed by atoms with E-state index in [4.69, 9.17) is 11.6 Å². The van der Waals surface area contributed by atoms with E-state index in [1.54, 1.807) is 24.3 Å². The van der Waals surface area contributed by atoms with Gasteiger partial charge in [-0.15, -0.1) is 0 Å². The van der Waals surface area contributed by atoms with E-state index in [0.717, 1.165) is 25.9 Å². The molecule has 1 fully saturated rings. The molecule has 2 rings (SSSR count). The predicted molar refractivity (Wildman–Crippen MR) is 74.2 cm³/mol. The average Bonchev–Trinajstić information content (AvgIpc) is 2.45. The summed E-state index contributed by atoms with van der Waals surface area (Å²) in [5.74, 6) is -0.289. The van der Waals surface area contributed by atoms with Crippen molar-refractivity contribution in [2.75, 3.05) is 19.6 Å². The van der Waals surface area contributed by atoms with Crippen molar-refractivity contribution in [3.8, 4) is 0 Å². The summed E-state index contributed by atoms with van der Waals surface area (Å²) >= 11 is 5.82. The summed E-state index contributed by atoms with van der Waals surface area (Å²) in [4.78, 5) is 25.5. The van der Waals surface area contributed by atoms with Gasteiger partial charge in [0.05, 0.1) is 6.54 Å². The summed E-state index contributed by atoms with van der Waals surface area (Å²) in [5, 5.41) is 3.14. The normalized spacial score (nSPS) is 15.1. The van der Waals surface area contributed by atoms with E-state index in [1.165, 1.54) is 6.42 Å². The zero-order chi connectivity index (χ0) is 13.7. The van der Waals surface area contributed by atoms with E-state index in [1.807, 2.05) is 4.90 Å². The van der Waals surface area contributed by atoms with Gasteiger partial charge in [-0.1, -0.05) is 17.7 Å². The van der Waals surface area contributed by atoms with Crippen LogP contribution in [0.15, 0.2) is 24.3 Å². The van der Waals surface area contributed by atoms with Crippen LogP contribution in [0.2, 0.25) is 5.02 Å². The molecule has 1 heterocycles. The number of rotatable bonds is 3. The second-order valence-corrected chi connectivity index (χ2v) is 5.07. The number of nitrogens with zero attached hydrogens (tertiary/aromatic N) is 1. The van der Waals surface area contributed by atoms with Gasteiger partial charge in [-0.05, 0) is 37.5 Å².